The van der Waals surface area contributed by atoms with Gasteiger partial charge in [-0.2, -0.15) is 0 Å². The van der Waals surface area contributed by atoms with Crippen molar-refractivity contribution in [1.29, 1.82) is 0 Å². The minimum atomic E-state index is -0.426. The van der Waals surface area contributed by atoms with E-state index in [0.717, 1.165) is 6.08 Å². The smallest absolute Gasteiger partial charge is 0.330 e. The van der Waals surface area contributed by atoms with Crippen molar-refractivity contribution in [3.05, 3.63) is 12.7 Å². The molecule has 0 saturated carbocycles. The molecule has 0 aromatic rings. The molecule has 0 amide bonds. The molecule has 0 rings (SSSR count). The van der Waals surface area contributed by atoms with Gasteiger partial charge in [-0.05, 0) is 19.8 Å². The summed E-state index contributed by atoms with van der Waals surface area (Å²) in [5.41, 5.74) is 0. The Hall–Kier alpha value is -0.890. The van der Waals surface area contributed by atoms with Crippen LogP contribution < -0.4 is 0 Å². The predicted octanol–water partition coefficient (Wildman–Crippen LogP) is 1.30. The molecule has 0 aliphatic heterocycles. The molecule has 0 aliphatic carbocycles. The largest absolute Gasteiger partial charge is 0.465 e. The van der Waals surface area contributed by atoms with Crippen LogP contribution >= 0.6 is 9.24 Å². The molecule has 5 heteroatoms. The number of hydrogen-bond donors (Lipinski definition) is 0. The lowest BCUT2D eigenvalue weighted by atomic mass is 10.2. The second-order valence-corrected chi connectivity index (χ2v) is 3.43. The Bertz CT molecular complexity index is 227. The van der Waals surface area contributed by atoms with Gasteiger partial charge in [-0.15, -0.1) is 9.24 Å². The summed E-state index contributed by atoms with van der Waals surface area (Å²) >= 11 is 0. The van der Waals surface area contributed by atoms with Gasteiger partial charge in [-0.3, -0.25) is 4.79 Å². The number of carbonyl (C=O) groups is 2. The Morgan fingerprint density at radius 2 is 2.20 bits per heavy atom. The van der Waals surface area contributed by atoms with Gasteiger partial charge >= 0.3 is 11.9 Å². The van der Waals surface area contributed by atoms with Crippen LogP contribution in [-0.2, 0) is 19.1 Å². The molecule has 0 radical (unpaired) electrons. The zero-order valence-electron chi connectivity index (χ0n) is 8.90. The topological polar surface area (TPSA) is 52.6 Å². The summed E-state index contributed by atoms with van der Waals surface area (Å²) in [5.74, 6) is -0.666. The standard InChI is InChI=1S/C10H17O4P/c1-3-9(11)14-8(2)5-4-6-13-10(12)7-15/h3,8H,1,4-7,15H2,2H3. The maximum atomic E-state index is 10.8. The van der Waals surface area contributed by atoms with Crippen LogP contribution in [0.2, 0.25) is 0 Å². The second-order valence-electron chi connectivity index (χ2n) is 3.02. The Labute approximate surface area is 92.2 Å². The number of carbonyl (C=O) groups excluding carboxylic acids is 2. The van der Waals surface area contributed by atoms with Gasteiger partial charge in [0.05, 0.1) is 18.9 Å². The summed E-state index contributed by atoms with van der Waals surface area (Å²) in [6, 6.07) is 0. The van der Waals surface area contributed by atoms with E-state index in [9.17, 15) is 9.59 Å². The van der Waals surface area contributed by atoms with Crippen molar-refractivity contribution in [2.24, 2.45) is 0 Å². The molecule has 0 aliphatic rings. The number of rotatable bonds is 7. The van der Waals surface area contributed by atoms with E-state index in [4.69, 9.17) is 9.47 Å². The van der Waals surface area contributed by atoms with Gasteiger partial charge in [0.15, 0.2) is 0 Å². The van der Waals surface area contributed by atoms with Gasteiger partial charge in [0.25, 0.3) is 0 Å². The molecule has 0 saturated heterocycles. The molecule has 0 bridgehead atoms. The van der Waals surface area contributed by atoms with Crippen LogP contribution in [0.25, 0.3) is 0 Å². The highest BCUT2D eigenvalue weighted by atomic mass is 31.0. The maximum Gasteiger partial charge on any atom is 0.330 e. The van der Waals surface area contributed by atoms with Gasteiger partial charge in [0.1, 0.15) is 0 Å². The third kappa shape index (κ3) is 8.13. The van der Waals surface area contributed by atoms with Gasteiger partial charge in [0.2, 0.25) is 0 Å². The van der Waals surface area contributed by atoms with Crippen molar-refractivity contribution in [2.45, 2.75) is 25.9 Å². The van der Waals surface area contributed by atoms with Crippen molar-refractivity contribution in [3.8, 4) is 0 Å². The van der Waals surface area contributed by atoms with E-state index in [1.165, 1.54) is 0 Å². The van der Waals surface area contributed by atoms with Crippen molar-refractivity contribution in [3.63, 3.8) is 0 Å². The first-order valence-corrected chi connectivity index (χ1v) is 5.60. The molecule has 0 heterocycles. The van der Waals surface area contributed by atoms with Crippen LogP contribution in [0.1, 0.15) is 19.8 Å². The average molecular weight is 232 g/mol. The fourth-order valence-corrected chi connectivity index (χ4v) is 1.04. The molecule has 15 heavy (non-hydrogen) atoms. The summed E-state index contributed by atoms with van der Waals surface area (Å²) in [4.78, 5) is 21.5. The molecular formula is C10H17O4P. The van der Waals surface area contributed by atoms with E-state index in [2.05, 4.69) is 15.8 Å². The summed E-state index contributed by atoms with van der Waals surface area (Å²) in [6.07, 6.45) is 2.61. The van der Waals surface area contributed by atoms with Crippen LogP contribution in [0.5, 0.6) is 0 Å². The van der Waals surface area contributed by atoms with Gasteiger partial charge in [-0.1, -0.05) is 6.58 Å². The van der Waals surface area contributed by atoms with Crippen LogP contribution in [0.15, 0.2) is 12.7 Å². The van der Waals surface area contributed by atoms with E-state index in [0.29, 0.717) is 25.6 Å². The number of esters is 2. The first-order chi connectivity index (χ1) is 7.10. The van der Waals surface area contributed by atoms with E-state index in [-0.39, 0.29) is 12.1 Å². The second kappa shape index (κ2) is 8.42. The lowest BCUT2D eigenvalue weighted by Crippen LogP contribution is -2.14. The third-order valence-electron chi connectivity index (χ3n) is 1.67. The third-order valence-corrected chi connectivity index (χ3v) is 2.00. The van der Waals surface area contributed by atoms with E-state index >= 15 is 0 Å². The van der Waals surface area contributed by atoms with Gasteiger partial charge < -0.3 is 9.47 Å². The van der Waals surface area contributed by atoms with E-state index in [1.807, 2.05) is 0 Å². The van der Waals surface area contributed by atoms with Crippen LogP contribution in [0.4, 0.5) is 0 Å². The molecule has 0 aromatic heterocycles. The van der Waals surface area contributed by atoms with Crippen molar-refractivity contribution >= 4 is 21.2 Å². The van der Waals surface area contributed by atoms with E-state index < -0.39 is 5.97 Å². The Balaban J connectivity index is 3.46. The first kappa shape index (κ1) is 14.1. The highest BCUT2D eigenvalue weighted by Crippen LogP contribution is 2.02. The summed E-state index contributed by atoms with van der Waals surface area (Å²) < 4.78 is 9.78. The normalized spacial score (nSPS) is 11.6. The molecule has 0 spiro atoms. The van der Waals surface area contributed by atoms with Crippen LogP contribution in [0.3, 0.4) is 0 Å². The lowest BCUT2D eigenvalue weighted by Gasteiger charge is -2.11. The van der Waals surface area contributed by atoms with Gasteiger partial charge in [0, 0.05) is 6.08 Å². The molecule has 4 nitrogen and oxygen atoms in total. The van der Waals surface area contributed by atoms with Crippen molar-refractivity contribution in [1.82, 2.24) is 0 Å². The fourth-order valence-electron chi connectivity index (χ4n) is 0.921. The Morgan fingerprint density at radius 3 is 2.73 bits per heavy atom. The molecule has 2 unspecified atom stereocenters. The van der Waals surface area contributed by atoms with Crippen molar-refractivity contribution in [2.75, 3.05) is 12.8 Å². The molecule has 0 fully saturated rings. The number of hydrogen-bond acceptors (Lipinski definition) is 4. The van der Waals surface area contributed by atoms with E-state index in [1.54, 1.807) is 6.92 Å². The summed E-state index contributed by atoms with van der Waals surface area (Å²) in [7, 11) is 2.30. The Kier molecular flexibility index (Phi) is 7.92. The summed E-state index contributed by atoms with van der Waals surface area (Å²) in [5, 5.41) is 0. The number of ether oxygens (including phenoxy) is 2. The molecule has 0 aromatic carbocycles. The van der Waals surface area contributed by atoms with Gasteiger partial charge in [-0.25, -0.2) is 4.79 Å². The quantitative estimate of drug-likeness (QED) is 0.287. The average Bonchev–Trinajstić information content (AvgIpc) is 2.23. The van der Waals surface area contributed by atoms with Crippen LogP contribution in [0, 0.1) is 0 Å². The van der Waals surface area contributed by atoms with Crippen molar-refractivity contribution < 1.29 is 19.1 Å². The maximum absolute atomic E-state index is 10.8. The predicted molar refractivity (Wildman–Crippen MR) is 60.5 cm³/mol. The fraction of sp³-hybridized carbons (Fsp3) is 0.600. The minimum absolute atomic E-state index is 0.176. The Morgan fingerprint density at radius 1 is 1.53 bits per heavy atom. The minimum Gasteiger partial charge on any atom is -0.465 e. The zero-order chi connectivity index (χ0) is 11.7. The zero-order valence-corrected chi connectivity index (χ0v) is 10.1. The molecule has 86 valence electrons. The molecule has 2 atom stereocenters. The molecular weight excluding hydrogens is 215 g/mol. The summed E-state index contributed by atoms with van der Waals surface area (Å²) in [6.45, 7) is 5.45. The lowest BCUT2D eigenvalue weighted by molar-refractivity contribution is -0.144. The van der Waals surface area contributed by atoms with Crippen LogP contribution in [-0.4, -0.2) is 30.8 Å². The molecule has 0 N–H and O–H groups in total. The monoisotopic (exact) mass is 232 g/mol. The first-order valence-electron chi connectivity index (χ1n) is 4.79. The SMILES string of the molecule is C=CC(=O)OC(C)CCCOC(=O)CP. The highest BCUT2D eigenvalue weighted by Gasteiger charge is 2.06. The highest BCUT2D eigenvalue weighted by molar-refractivity contribution is 7.18.